The second-order valence-corrected chi connectivity index (χ2v) is 5.39. The smallest absolute Gasteiger partial charge is 0.341 e. The second-order valence-electron chi connectivity index (χ2n) is 5.39. The molecule has 0 aliphatic rings. The zero-order chi connectivity index (χ0) is 20.0. The Balaban J connectivity index is 1.93. The highest BCUT2D eigenvalue weighted by Crippen LogP contribution is 2.20. The third-order valence-electron chi connectivity index (χ3n) is 3.45. The van der Waals surface area contributed by atoms with Crippen molar-refractivity contribution < 1.29 is 24.0 Å². The Morgan fingerprint density at radius 3 is 2.37 bits per heavy atom. The molecule has 0 saturated carbocycles. The van der Waals surface area contributed by atoms with E-state index in [4.69, 9.17) is 10.5 Å². The number of rotatable bonds is 5. The predicted octanol–water partition coefficient (Wildman–Crippen LogP) is 1.18. The summed E-state index contributed by atoms with van der Waals surface area (Å²) in [4.78, 5) is 45.9. The SMILES string of the molecule is C[C@H](OC(=O)c1ccc([N+](=O)[O-])cc1N)C(=O)NNC(=O)c1ccccc1. The van der Waals surface area contributed by atoms with E-state index in [0.717, 1.165) is 18.2 Å². The van der Waals surface area contributed by atoms with Gasteiger partial charge in [-0.05, 0) is 25.1 Å². The van der Waals surface area contributed by atoms with Crippen molar-refractivity contribution in [2.75, 3.05) is 5.73 Å². The first-order chi connectivity index (χ1) is 12.8. The van der Waals surface area contributed by atoms with Crippen LogP contribution in [0, 0.1) is 10.1 Å². The first-order valence-corrected chi connectivity index (χ1v) is 7.69. The standard InChI is InChI=1S/C17H16N4O6/c1-10(15(22)19-20-16(23)11-5-3-2-4-6-11)27-17(24)13-8-7-12(21(25)26)9-14(13)18/h2-10H,18H2,1H3,(H,19,22)(H,20,23)/t10-/m0/s1. The van der Waals surface area contributed by atoms with Gasteiger partial charge in [-0.3, -0.25) is 30.6 Å². The molecule has 2 aromatic rings. The normalized spacial score (nSPS) is 11.1. The average molecular weight is 372 g/mol. The average Bonchev–Trinajstić information content (AvgIpc) is 2.66. The van der Waals surface area contributed by atoms with E-state index in [1.165, 1.54) is 6.92 Å². The van der Waals surface area contributed by atoms with Gasteiger partial charge in [0, 0.05) is 17.7 Å². The molecule has 10 heteroatoms. The van der Waals surface area contributed by atoms with Gasteiger partial charge in [-0.1, -0.05) is 18.2 Å². The minimum atomic E-state index is -1.25. The third kappa shape index (κ3) is 5.01. The van der Waals surface area contributed by atoms with Gasteiger partial charge in [0.05, 0.1) is 16.2 Å². The Hall–Kier alpha value is -3.95. The van der Waals surface area contributed by atoms with E-state index >= 15 is 0 Å². The molecule has 27 heavy (non-hydrogen) atoms. The van der Waals surface area contributed by atoms with Crippen LogP contribution in [0.1, 0.15) is 27.6 Å². The monoisotopic (exact) mass is 372 g/mol. The van der Waals surface area contributed by atoms with E-state index in [9.17, 15) is 24.5 Å². The number of nitrogens with one attached hydrogen (secondary N) is 2. The van der Waals surface area contributed by atoms with Gasteiger partial charge in [0.1, 0.15) is 0 Å². The zero-order valence-corrected chi connectivity index (χ0v) is 14.2. The molecule has 1 atom stereocenters. The van der Waals surface area contributed by atoms with E-state index in [1.807, 2.05) is 0 Å². The van der Waals surface area contributed by atoms with Gasteiger partial charge in [0.2, 0.25) is 0 Å². The topological polar surface area (TPSA) is 154 Å². The van der Waals surface area contributed by atoms with Gasteiger partial charge in [-0.25, -0.2) is 4.79 Å². The number of amides is 2. The maximum absolute atomic E-state index is 12.1. The number of nitro benzene ring substituents is 1. The molecule has 0 aliphatic carbocycles. The van der Waals surface area contributed by atoms with Crippen molar-refractivity contribution in [2.45, 2.75) is 13.0 Å². The molecular formula is C17H16N4O6. The molecule has 2 aromatic carbocycles. The van der Waals surface area contributed by atoms with Gasteiger partial charge in [0.25, 0.3) is 17.5 Å². The number of hydrazine groups is 1. The fourth-order valence-corrected chi connectivity index (χ4v) is 2.01. The number of carbonyl (C=O) groups excluding carboxylic acids is 3. The van der Waals surface area contributed by atoms with Gasteiger partial charge < -0.3 is 10.5 Å². The van der Waals surface area contributed by atoms with Crippen molar-refractivity contribution in [3.63, 3.8) is 0 Å². The summed E-state index contributed by atoms with van der Waals surface area (Å²) in [5.74, 6) is -2.24. The van der Waals surface area contributed by atoms with Gasteiger partial charge >= 0.3 is 5.97 Å². The third-order valence-corrected chi connectivity index (χ3v) is 3.45. The van der Waals surface area contributed by atoms with E-state index < -0.39 is 28.8 Å². The number of hydrogen-bond donors (Lipinski definition) is 3. The number of carbonyl (C=O) groups is 3. The lowest BCUT2D eigenvalue weighted by molar-refractivity contribution is -0.384. The van der Waals surface area contributed by atoms with Crippen molar-refractivity contribution in [2.24, 2.45) is 0 Å². The van der Waals surface area contributed by atoms with Crippen LogP contribution in [0.3, 0.4) is 0 Å². The van der Waals surface area contributed by atoms with Crippen molar-refractivity contribution in [1.82, 2.24) is 10.9 Å². The first kappa shape index (κ1) is 19.4. The summed E-state index contributed by atoms with van der Waals surface area (Å²) in [6.45, 7) is 1.30. The van der Waals surface area contributed by atoms with Gasteiger partial charge in [-0.2, -0.15) is 0 Å². The molecule has 0 fully saturated rings. The molecule has 0 unspecified atom stereocenters. The number of benzene rings is 2. The van der Waals surface area contributed by atoms with Crippen LogP contribution in [0.25, 0.3) is 0 Å². The molecule has 0 heterocycles. The fourth-order valence-electron chi connectivity index (χ4n) is 2.01. The van der Waals surface area contributed by atoms with Crippen LogP contribution in [0.5, 0.6) is 0 Å². The van der Waals surface area contributed by atoms with Crippen molar-refractivity contribution >= 4 is 29.2 Å². The van der Waals surface area contributed by atoms with Crippen molar-refractivity contribution in [3.8, 4) is 0 Å². The Kier molecular flexibility index (Phi) is 6.05. The molecule has 0 bridgehead atoms. The molecule has 0 aliphatic heterocycles. The number of esters is 1. The molecule has 0 spiro atoms. The second kappa shape index (κ2) is 8.43. The maximum Gasteiger partial charge on any atom is 0.341 e. The van der Waals surface area contributed by atoms with Crippen molar-refractivity contribution in [3.05, 3.63) is 69.8 Å². The Morgan fingerprint density at radius 1 is 1.11 bits per heavy atom. The zero-order valence-electron chi connectivity index (χ0n) is 14.2. The minimum Gasteiger partial charge on any atom is -0.449 e. The van der Waals surface area contributed by atoms with Crippen LogP contribution in [0.4, 0.5) is 11.4 Å². The summed E-state index contributed by atoms with van der Waals surface area (Å²) >= 11 is 0. The number of ether oxygens (including phenoxy) is 1. The lowest BCUT2D eigenvalue weighted by Gasteiger charge is -2.14. The minimum absolute atomic E-state index is 0.117. The van der Waals surface area contributed by atoms with Crippen LogP contribution in [0.2, 0.25) is 0 Å². The molecule has 0 radical (unpaired) electrons. The molecule has 140 valence electrons. The number of anilines is 1. The summed E-state index contributed by atoms with van der Waals surface area (Å²) in [6, 6.07) is 11.4. The number of nitrogen functional groups attached to an aromatic ring is 1. The highest BCUT2D eigenvalue weighted by Gasteiger charge is 2.22. The van der Waals surface area contributed by atoms with E-state index in [0.29, 0.717) is 5.56 Å². The summed E-state index contributed by atoms with van der Waals surface area (Å²) in [5.41, 5.74) is 9.73. The van der Waals surface area contributed by atoms with Crippen LogP contribution in [0.15, 0.2) is 48.5 Å². The van der Waals surface area contributed by atoms with Crippen molar-refractivity contribution in [1.29, 1.82) is 0 Å². The number of nitro groups is 1. The maximum atomic E-state index is 12.1. The predicted molar refractivity (Wildman–Crippen MR) is 94.4 cm³/mol. The molecule has 0 saturated heterocycles. The van der Waals surface area contributed by atoms with Gasteiger partial charge in [-0.15, -0.1) is 0 Å². The van der Waals surface area contributed by atoms with E-state index in [2.05, 4.69) is 10.9 Å². The number of nitrogens with zero attached hydrogens (tertiary/aromatic N) is 1. The van der Waals surface area contributed by atoms with E-state index in [-0.39, 0.29) is 16.9 Å². The Labute approximate surface area is 153 Å². The first-order valence-electron chi connectivity index (χ1n) is 7.69. The molecule has 0 aromatic heterocycles. The highest BCUT2D eigenvalue weighted by atomic mass is 16.6. The molecular weight excluding hydrogens is 356 g/mol. The number of non-ortho nitro benzene ring substituents is 1. The fraction of sp³-hybridized carbons (Fsp3) is 0.118. The summed E-state index contributed by atoms with van der Waals surface area (Å²) in [5, 5.41) is 10.7. The van der Waals surface area contributed by atoms with Crippen LogP contribution in [-0.2, 0) is 9.53 Å². The summed E-state index contributed by atoms with van der Waals surface area (Å²) < 4.78 is 4.97. The Bertz CT molecular complexity index is 884. The largest absolute Gasteiger partial charge is 0.449 e. The molecule has 2 amide bonds. The van der Waals surface area contributed by atoms with Crippen LogP contribution >= 0.6 is 0 Å². The number of nitrogens with two attached hydrogens (primary N) is 1. The summed E-state index contributed by atoms with van der Waals surface area (Å²) in [6.07, 6.45) is -1.25. The van der Waals surface area contributed by atoms with Crippen LogP contribution < -0.4 is 16.6 Å². The highest BCUT2D eigenvalue weighted by molar-refractivity contribution is 5.98. The number of hydrogen-bond acceptors (Lipinski definition) is 7. The lowest BCUT2D eigenvalue weighted by atomic mass is 10.1. The van der Waals surface area contributed by atoms with Crippen LogP contribution in [-0.4, -0.2) is 28.8 Å². The Morgan fingerprint density at radius 2 is 1.78 bits per heavy atom. The quantitative estimate of drug-likeness (QED) is 0.308. The van der Waals surface area contributed by atoms with Gasteiger partial charge in [0.15, 0.2) is 6.10 Å². The summed E-state index contributed by atoms with van der Waals surface area (Å²) in [7, 11) is 0. The van der Waals surface area contributed by atoms with E-state index in [1.54, 1.807) is 30.3 Å². The lowest BCUT2D eigenvalue weighted by Crippen LogP contribution is -2.46. The molecule has 10 nitrogen and oxygen atoms in total. The molecule has 2 rings (SSSR count). The molecule has 4 N–H and O–H groups in total.